The molecule has 2 rings (SSSR count). The fourth-order valence-electron chi connectivity index (χ4n) is 1.81. The third-order valence-corrected chi connectivity index (χ3v) is 3.48. The van der Waals surface area contributed by atoms with Crippen LogP contribution in [0.15, 0.2) is 29.0 Å². The van der Waals surface area contributed by atoms with Crippen LogP contribution in [-0.4, -0.2) is 11.9 Å². The summed E-state index contributed by atoms with van der Waals surface area (Å²) in [5.41, 5.74) is 0.831. The molecule has 0 aliphatic heterocycles. The minimum atomic E-state index is -1.58. The van der Waals surface area contributed by atoms with Gasteiger partial charge >= 0.3 is 0 Å². The van der Waals surface area contributed by atoms with Crippen molar-refractivity contribution in [3.05, 3.63) is 57.5 Å². The van der Waals surface area contributed by atoms with E-state index in [0.29, 0.717) is 18.6 Å². The third-order valence-electron chi connectivity index (χ3n) is 2.75. The van der Waals surface area contributed by atoms with Crippen molar-refractivity contribution >= 4 is 17.2 Å². The highest BCUT2D eigenvalue weighted by Crippen LogP contribution is 2.14. The molecular formula is C14H12F3NOS. The van der Waals surface area contributed by atoms with Gasteiger partial charge < -0.3 is 5.32 Å². The second kappa shape index (κ2) is 6.09. The van der Waals surface area contributed by atoms with Crippen molar-refractivity contribution in [2.24, 2.45) is 0 Å². The smallest absolute Gasteiger partial charge is 0.251 e. The zero-order valence-electron chi connectivity index (χ0n) is 10.6. The molecule has 0 saturated heterocycles. The molecular weight excluding hydrogens is 287 g/mol. The highest BCUT2D eigenvalue weighted by molar-refractivity contribution is 7.07. The zero-order valence-corrected chi connectivity index (χ0v) is 11.4. The van der Waals surface area contributed by atoms with Gasteiger partial charge in [0.1, 0.15) is 0 Å². The molecule has 0 aliphatic rings. The maximum atomic E-state index is 13.0. The van der Waals surface area contributed by atoms with Crippen LogP contribution in [0.4, 0.5) is 13.2 Å². The Hall–Kier alpha value is -1.82. The van der Waals surface area contributed by atoms with Gasteiger partial charge in [-0.05, 0) is 47.9 Å². The Labute approximate surface area is 118 Å². The van der Waals surface area contributed by atoms with Gasteiger partial charge in [0.2, 0.25) is 0 Å². The van der Waals surface area contributed by atoms with Gasteiger partial charge in [-0.25, -0.2) is 13.2 Å². The van der Waals surface area contributed by atoms with E-state index in [1.165, 1.54) is 0 Å². The van der Waals surface area contributed by atoms with E-state index in [2.05, 4.69) is 5.32 Å². The molecule has 0 aliphatic carbocycles. The van der Waals surface area contributed by atoms with Crippen LogP contribution in [0.2, 0.25) is 0 Å². The Morgan fingerprint density at radius 2 is 1.95 bits per heavy atom. The molecule has 0 bridgehead atoms. The van der Waals surface area contributed by atoms with E-state index in [9.17, 15) is 18.0 Å². The molecule has 0 saturated carbocycles. The highest BCUT2D eigenvalue weighted by Gasteiger charge is 2.16. The quantitative estimate of drug-likeness (QED) is 0.860. The highest BCUT2D eigenvalue weighted by atomic mass is 32.1. The van der Waals surface area contributed by atoms with Crippen molar-refractivity contribution < 1.29 is 18.0 Å². The summed E-state index contributed by atoms with van der Waals surface area (Å²) in [6.07, 6.45) is 0.612. The van der Waals surface area contributed by atoms with Crippen molar-refractivity contribution in [3.63, 3.8) is 0 Å². The lowest BCUT2D eigenvalue weighted by Gasteiger charge is -2.13. The number of thiophene rings is 1. The van der Waals surface area contributed by atoms with Gasteiger partial charge in [-0.15, -0.1) is 0 Å². The van der Waals surface area contributed by atoms with Gasteiger partial charge in [0, 0.05) is 11.6 Å². The number of rotatable bonds is 4. The molecule has 0 radical (unpaired) electrons. The molecule has 0 spiro atoms. The molecule has 2 nitrogen and oxygen atoms in total. The molecule has 1 heterocycles. The summed E-state index contributed by atoms with van der Waals surface area (Å²) in [6, 6.07) is 3.11. The average Bonchev–Trinajstić information content (AvgIpc) is 2.87. The van der Waals surface area contributed by atoms with Gasteiger partial charge in [-0.3, -0.25) is 4.79 Å². The Morgan fingerprint density at radius 3 is 2.50 bits per heavy atom. The second-order valence-corrected chi connectivity index (χ2v) is 5.24. The van der Waals surface area contributed by atoms with E-state index in [4.69, 9.17) is 0 Å². The summed E-state index contributed by atoms with van der Waals surface area (Å²) < 4.78 is 38.9. The first-order valence-electron chi connectivity index (χ1n) is 5.94. The van der Waals surface area contributed by atoms with E-state index in [-0.39, 0.29) is 11.6 Å². The Balaban J connectivity index is 2.04. The number of hydrogen-bond acceptors (Lipinski definition) is 2. The molecule has 1 aromatic heterocycles. The largest absolute Gasteiger partial charge is 0.349 e. The molecule has 1 aromatic carbocycles. The van der Waals surface area contributed by atoms with E-state index in [1.54, 1.807) is 18.3 Å². The van der Waals surface area contributed by atoms with Crippen LogP contribution < -0.4 is 5.32 Å². The molecule has 106 valence electrons. The summed E-state index contributed by atoms with van der Waals surface area (Å²) in [6.45, 7) is 1.78. The first-order valence-corrected chi connectivity index (χ1v) is 6.88. The maximum Gasteiger partial charge on any atom is 0.251 e. The lowest BCUT2D eigenvalue weighted by atomic mass is 10.1. The monoisotopic (exact) mass is 299 g/mol. The van der Waals surface area contributed by atoms with Crippen LogP contribution >= 0.6 is 11.3 Å². The Morgan fingerprint density at radius 1 is 1.30 bits per heavy atom. The predicted molar refractivity (Wildman–Crippen MR) is 71.3 cm³/mol. The number of carbonyl (C=O) groups is 1. The summed E-state index contributed by atoms with van der Waals surface area (Å²) in [5, 5.41) is 6.50. The van der Waals surface area contributed by atoms with Gasteiger partial charge in [0.05, 0.1) is 0 Å². The fraction of sp³-hybridized carbons (Fsp3) is 0.214. The molecule has 1 atom stereocenters. The van der Waals surface area contributed by atoms with Crippen LogP contribution in [0.5, 0.6) is 0 Å². The van der Waals surface area contributed by atoms with Gasteiger partial charge in [-0.1, -0.05) is 0 Å². The van der Waals surface area contributed by atoms with Crippen molar-refractivity contribution in [1.29, 1.82) is 0 Å². The lowest BCUT2D eigenvalue weighted by Crippen LogP contribution is -2.34. The molecule has 1 unspecified atom stereocenters. The van der Waals surface area contributed by atoms with Crippen LogP contribution in [0.3, 0.4) is 0 Å². The van der Waals surface area contributed by atoms with Crippen molar-refractivity contribution in [1.82, 2.24) is 5.32 Å². The summed E-state index contributed by atoms with van der Waals surface area (Å²) in [4.78, 5) is 11.8. The fourth-order valence-corrected chi connectivity index (χ4v) is 2.49. The first kappa shape index (κ1) is 14.6. The minimum Gasteiger partial charge on any atom is -0.349 e. The maximum absolute atomic E-state index is 13.0. The molecule has 0 fully saturated rings. The van der Waals surface area contributed by atoms with Gasteiger partial charge in [0.25, 0.3) is 5.91 Å². The number of benzene rings is 1. The Bertz CT molecular complexity index is 590. The number of nitrogens with one attached hydrogen (secondary N) is 1. The first-order chi connectivity index (χ1) is 9.47. The van der Waals surface area contributed by atoms with Crippen molar-refractivity contribution in [2.75, 3.05) is 0 Å². The van der Waals surface area contributed by atoms with Crippen LogP contribution in [0.1, 0.15) is 22.8 Å². The van der Waals surface area contributed by atoms with Crippen molar-refractivity contribution in [3.8, 4) is 0 Å². The van der Waals surface area contributed by atoms with Crippen LogP contribution in [0, 0.1) is 17.5 Å². The number of amides is 1. The van der Waals surface area contributed by atoms with Crippen LogP contribution in [0.25, 0.3) is 0 Å². The number of halogens is 3. The van der Waals surface area contributed by atoms with E-state index in [0.717, 1.165) is 5.56 Å². The molecule has 20 heavy (non-hydrogen) atoms. The van der Waals surface area contributed by atoms with E-state index in [1.807, 2.05) is 16.8 Å². The summed E-state index contributed by atoms with van der Waals surface area (Å²) in [7, 11) is 0. The normalized spacial score (nSPS) is 12.2. The molecule has 1 N–H and O–H groups in total. The topological polar surface area (TPSA) is 29.1 Å². The molecule has 1 amide bonds. The lowest BCUT2D eigenvalue weighted by molar-refractivity contribution is 0.0939. The SMILES string of the molecule is CC(Cc1ccsc1)NC(=O)c1cc(F)c(F)c(F)c1. The summed E-state index contributed by atoms with van der Waals surface area (Å²) in [5.74, 6) is -4.96. The van der Waals surface area contributed by atoms with E-state index < -0.39 is 23.4 Å². The molecule has 6 heteroatoms. The number of carbonyl (C=O) groups excluding carboxylic acids is 1. The van der Waals surface area contributed by atoms with Gasteiger partial charge in [0.15, 0.2) is 17.5 Å². The third kappa shape index (κ3) is 3.39. The minimum absolute atomic E-state index is 0.201. The standard InChI is InChI=1S/C14H12F3NOS/c1-8(4-9-2-3-20-7-9)18-14(19)10-5-11(15)13(17)12(16)6-10/h2-3,5-8H,4H2,1H3,(H,18,19). The van der Waals surface area contributed by atoms with Gasteiger partial charge in [-0.2, -0.15) is 11.3 Å². The number of hydrogen-bond donors (Lipinski definition) is 1. The average molecular weight is 299 g/mol. The predicted octanol–water partition coefficient (Wildman–Crippen LogP) is 3.53. The van der Waals surface area contributed by atoms with Crippen molar-refractivity contribution in [2.45, 2.75) is 19.4 Å². The second-order valence-electron chi connectivity index (χ2n) is 4.46. The van der Waals surface area contributed by atoms with E-state index >= 15 is 0 Å². The zero-order chi connectivity index (χ0) is 14.7. The Kier molecular flexibility index (Phi) is 4.44. The summed E-state index contributed by atoms with van der Waals surface area (Å²) >= 11 is 1.55. The molecule has 2 aromatic rings. The van der Waals surface area contributed by atoms with Crippen LogP contribution in [-0.2, 0) is 6.42 Å².